The first-order chi connectivity index (χ1) is 6.09. The lowest BCUT2D eigenvalue weighted by Gasteiger charge is -2.08. The van der Waals surface area contributed by atoms with Gasteiger partial charge in [-0.1, -0.05) is 24.2 Å². The highest BCUT2D eigenvalue weighted by atomic mass is 35.5. The minimum Gasteiger partial charge on any atom is -0.386 e. The molecule has 0 aromatic heterocycles. The molecule has 1 aromatic rings. The van der Waals surface area contributed by atoms with Gasteiger partial charge < -0.3 is 11.1 Å². The van der Waals surface area contributed by atoms with Crippen LogP contribution in [0.5, 0.6) is 0 Å². The van der Waals surface area contributed by atoms with Gasteiger partial charge in [0.05, 0.1) is 5.82 Å². The van der Waals surface area contributed by atoms with Crippen molar-refractivity contribution in [3.8, 4) is 0 Å². The SMILES string of the molecule is C=C(N)NCc1cc(Cl)ccc1C. The van der Waals surface area contributed by atoms with Crippen molar-refractivity contribution in [2.45, 2.75) is 13.5 Å². The van der Waals surface area contributed by atoms with Gasteiger partial charge in [0.25, 0.3) is 0 Å². The van der Waals surface area contributed by atoms with E-state index < -0.39 is 0 Å². The molecule has 2 nitrogen and oxygen atoms in total. The molecule has 70 valence electrons. The fourth-order valence-corrected chi connectivity index (χ4v) is 1.23. The van der Waals surface area contributed by atoms with Gasteiger partial charge in [0.1, 0.15) is 0 Å². The van der Waals surface area contributed by atoms with E-state index in [9.17, 15) is 0 Å². The highest BCUT2D eigenvalue weighted by molar-refractivity contribution is 6.30. The molecule has 0 saturated carbocycles. The minimum atomic E-state index is 0.472. The maximum absolute atomic E-state index is 5.85. The van der Waals surface area contributed by atoms with Crippen LogP contribution in [-0.4, -0.2) is 0 Å². The summed E-state index contributed by atoms with van der Waals surface area (Å²) in [4.78, 5) is 0. The maximum Gasteiger partial charge on any atom is 0.0888 e. The van der Waals surface area contributed by atoms with Gasteiger partial charge in [0.15, 0.2) is 0 Å². The van der Waals surface area contributed by atoms with Gasteiger partial charge in [0, 0.05) is 11.6 Å². The molecule has 0 bridgehead atoms. The third kappa shape index (κ3) is 2.99. The first-order valence-corrected chi connectivity index (χ1v) is 4.40. The Morgan fingerprint density at radius 2 is 2.31 bits per heavy atom. The second kappa shape index (κ2) is 4.19. The Bertz CT molecular complexity index is 321. The van der Waals surface area contributed by atoms with Crippen molar-refractivity contribution < 1.29 is 0 Å². The first-order valence-electron chi connectivity index (χ1n) is 4.03. The number of hydrogen-bond acceptors (Lipinski definition) is 2. The third-order valence-electron chi connectivity index (χ3n) is 1.82. The number of aryl methyl sites for hydroxylation is 1. The molecule has 3 heteroatoms. The molecule has 0 atom stereocenters. The molecule has 0 aliphatic carbocycles. The number of nitrogens with two attached hydrogens (primary N) is 1. The number of hydrogen-bond donors (Lipinski definition) is 2. The van der Waals surface area contributed by atoms with E-state index in [2.05, 4.69) is 11.9 Å². The second-order valence-electron chi connectivity index (χ2n) is 2.95. The Kier molecular flexibility index (Phi) is 3.20. The van der Waals surface area contributed by atoms with Crippen molar-refractivity contribution in [2.75, 3.05) is 0 Å². The van der Waals surface area contributed by atoms with E-state index in [1.54, 1.807) is 0 Å². The molecule has 0 aliphatic heterocycles. The molecule has 0 saturated heterocycles. The van der Waals surface area contributed by atoms with Gasteiger partial charge in [-0.3, -0.25) is 0 Å². The molecular weight excluding hydrogens is 184 g/mol. The van der Waals surface area contributed by atoms with E-state index in [1.807, 2.05) is 25.1 Å². The number of rotatable bonds is 3. The molecular formula is C10H13ClN2. The van der Waals surface area contributed by atoms with Crippen molar-refractivity contribution in [1.82, 2.24) is 5.32 Å². The summed E-state index contributed by atoms with van der Waals surface area (Å²) in [7, 11) is 0. The quantitative estimate of drug-likeness (QED) is 0.778. The van der Waals surface area contributed by atoms with Crippen LogP contribution in [0.2, 0.25) is 5.02 Å². The van der Waals surface area contributed by atoms with Crippen LogP contribution in [0.4, 0.5) is 0 Å². The van der Waals surface area contributed by atoms with E-state index in [4.69, 9.17) is 17.3 Å². The average Bonchev–Trinajstić information content (AvgIpc) is 2.06. The van der Waals surface area contributed by atoms with Gasteiger partial charge in [-0.25, -0.2) is 0 Å². The zero-order valence-corrected chi connectivity index (χ0v) is 8.36. The summed E-state index contributed by atoms with van der Waals surface area (Å²) < 4.78 is 0. The normalized spacial score (nSPS) is 9.69. The lowest BCUT2D eigenvalue weighted by molar-refractivity contribution is 0.799. The van der Waals surface area contributed by atoms with Crippen LogP contribution in [0.25, 0.3) is 0 Å². The number of nitrogens with one attached hydrogen (secondary N) is 1. The Morgan fingerprint density at radius 1 is 1.62 bits per heavy atom. The van der Waals surface area contributed by atoms with Crippen LogP contribution < -0.4 is 11.1 Å². The van der Waals surface area contributed by atoms with E-state index >= 15 is 0 Å². The summed E-state index contributed by atoms with van der Waals surface area (Å²) in [6.45, 7) is 6.26. The number of benzene rings is 1. The molecule has 0 fully saturated rings. The molecule has 0 unspecified atom stereocenters. The van der Waals surface area contributed by atoms with E-state index in [0.29, 0.717) is 12.4 Å². The fourth-order valence-electron chi connectivity index (χ4n) is 1.04. The second-order valence-corrected chi connectivity index (χ2v) is 3.39. The molecule has 0 spiro atoms. The molecule has 1 rings (SSSR count). The molecule has 13 heavy (non-hydrogen) atoms. The summed E-state index contributed by atoms with van der Waals surface area (Å²) in [5, 5.41) is 3.70. The smallest absolute Gasteiger partial charge is 0.0888 e. The van der Waals surface area contributed by atoms with Crippen molar-refractivity contribution in [1.29, 1.82) is 0 Å². The van der Waals surface area contributed by atoms with Gasteiger partial charge in [0.2, 0.25) is 0 Å². The molecule has 1 aromatic carbocycles. The van der Waals surface area contributed by atoms with Crippen LogP contribution in [0.1, 0.15) is 11.1 Å². The summed E-state index contributed by atoms with van der Waals surface area (Å²) >= 11 is 5.85. The fraction of sp³-hybridized carbons (Fsp3) is 0.200. The Balaban J connectivity index is 2.75. The van der Waals surface area contributed by atoms with Crippen molar-refractivity contribution in [3.63, 3.8) is 0 Å². The predicted octanol–water partition coefficient (Wildman–Crippen LogP) is 2.17. The van der Waals surface area contributed by atoms with Crippen molar-refractivity contribution in [2.24, 2.45) is 5.73 Å². The Hall–Kier alpha value is -1.15. The van der Waals surface area contributed by atoms with Crippen molar-refractivity contribution >= 4 is 11.6 Å². The molecule has 0 aliphatic rings. The summed E-state index contributed by atoms with van der Waals surface area (Å²) in [6.07, 6.45) is 0. The van der Waals surface area contributed by atoms with E-state index in [-0.39, 0.29) is 0 Å². The van der Waals surface area contributed by atoms with Gasteiger partial charge in [-0.2, -0.15) is 0 Å². The molecule has 0 heterocycles. The Morgan fingerprint density at radius 3 is 2.92 bits per heavy atom. The molecule has 0 amide bonds. The lowest BCUT2D eigenvalue weighted by atomic mass is 10.1. The topological polar surface area (TPSA) is 38.0 Å². The van der Waals surface area contributed by atoms with Gasteiger partial charge >= 0.3 is 0 Å². The minimum absolute atomic E-state index is 0.472. The van der Waals surface area contributed by atoms with Crippen LogP contribution in [0.3, 0.4) is 0 Å². The molecule has 3 N–H and O–H groups in total. The summed E-state index contributed by atoms with van der Waals surface area (Å²) in [6, 6.07) is 5.78. The van der Waals surface area contributed by atoms with Gasteiger partial charge in [-0.05, 0) is 30.2 Å². The maximum atomic E-state index is 5.85. The largest absolute Gasteiger partial charge is 0.386 e. The van der Waals surface area contributed by atoms with Crippen LogP contribution >= 0.6 is 11.6 Å². The van der Waals surface area contributed by atoms with Gasteiger partial charge in [-0.15, -0.1) is 0 Å². The monoisotopic (exact) mass is 196 g/mol. The summed E-state index contributed by atoms with van der Waals surface area (Å²) in [5.74, 6) is 0.472. The van der Waals surface area contributed by atoms with E-state index in [0.717, 1.165) is 10.6 Å². The number of halogens is 1. The third-order valence-corrected chi connectivity index (χ3v) is 2.05. The van der Waals surface area contributed by atoms with Crippen LogP contribution in [0.15, 0.2) is 30.6 Å². The average molecular weight is 197 g/mol. The van der Waals surface area contributed by atoms with Crippen molar-refractivity contribution in [3.05, 3.63) is 46.7 Å². The van der Waals surface area contributed by atoms with Crippen LogP contribution in [-0.2, 0) is 6.54 Å². The lowest BCUT2D eigenvalue weighted by Crippen LogP contribution is -2.18. The highest BCUT2D eigenvalue weighted by Crippen LogP contribution is 2.15. The molecule has 0 radical (unpaired) electrons. The van der Waals surface area contributed by atoms with E-state index in [1.165, 1.54) is 5.56 Å². The predicted molar refractivity (Wildman–Crippen MR) is 56.4 cm³/mol. The highest BCUT2D eigenvalue weighted by Gasteiger charge is 1.98. The first kappa shape index (κ1) is 9.93. The van der Waals surface area contributed by atoms with Crippen LogP contribution in [0, 0.1) is 6.92 Å². The zero-order valence-electron chi connectivity index (χ0n) is 7.60. The standard InChI is InChI=1S/C10H13ClN2/c1-7-3-4-10(11)5-9(7)6-13-8(2)12/h3-5,13H,2,6,12H2,1H3. The summed E-state index contributed by atoms with van der Waals surface area (Å²) in [5.41, 5.74) is 7.72. The zero-order chi connectivity index (χ0) is 9.84. The Labute approximate surface area is 83.4 Å².